The van der Waals surface area contributed by atoms with E-state index < -0.39 is 16.6 Å². The third-order valence-electron chi connectivity index (χ3n) is 6.18. The van der Waals surface area contributed by atoms with Crippen LogP contribution in [0.5, 0.6) is 0 Å². The Morgan fingerprint density at radius 3 is 2.73 bits per heavy atom. The van der Waals surface area contributed by atoms with Crippen molar-refractivity contribution in [2.24, 2.45) is 7.05 Å². The average Bonchev–Trinajstić information content (AvgIpc) is 3.21. The number of nitrogens with zero attached hydrogens (tertiary/aromatic N) is 7. The molecule has 0 bridgehead atoms. The zero-order chi connectivity index (χ0) is 29.0. The molecule has 208 valence electrons. The summed E-state index contributed by atoms with van der Waals surface area (Å²) in [6.07, 6.45) is 6.56. The van der Waals surface area contributed by atoms with Gasteiger partial charge < -0.3 is 29.8 Å². The van der Waals surface area contributed by atoms with Gasteiger partial charge in [-0.1, -0.05) is 6.92 Å². The number of aryl methyl sites for hydroxylation is 1. The van der Waals surface area contributed by atoms with E-state index in [0.717, 1.165) is 0 Å². The molecule has 0 aliphatic rings. The molecule has 0 saturated heterocycles. The van der Waals surface area contributed by atoms with Crippen LogP contribution in [0.2, 0.25) is 0 Å². The standard InChI is InChI=1S/C26H27BrFN9O3/c1-5-23-34-26(36(39)40)21(35(23)2)14-37(3,4)10-6-7-24(38)33-22-12-17-20(13-29-22)30-15-31-25(17)32-16-8-9-18(27)19(28)11-16/h6-9,11-13,15H,5,10,14H2,1-4H3,(H-,29,30,31,32,33,38)/p+1/b7-6+. The maximum Gasteiger partial charge on any atom is 0.391 e. The molecule has 3 aromatic heterocycles. The highest BCUT2D eigenvalue weighted by Crippen LogP contribution is 2.27. The molecule has 14 heteroatoms. The van der Waals surface area contributed by atoms with Crippen molar-refractivity contribution in [3.63, 3.8) is 0 Å². The SMILES string of the molecule is CCc1nc([N+](=O)[O-])c(C[N+](C)(C)C/C=C/C(=O)Nc2cc3c(Nc4ccc(Br)c(F)c4)ncnc3cn2)n1C. The molecule has 0 radical (unpaired) electrons. The lowest BCUT2D eigenvalue weighted by Crippen LogP contribution is -2.39. The summed E-state index contributed by atoms with van der Waals surface area (Å²) >= 11 is 3.13. The molecular weight excluding hydrogens is 585 g/mol. The van der Waals surface area contributed by atoms with Crippen molar-refractivity contribution in [3.8, 4) is 0 Å². The fourth-order valence-electron chi connectivity index (χ4n) is 4.13. The normalized spacial score (nSPS) is 11.8. The van der Waals surface area contributed by atoms with E-state index in [4.69, 9.17) is 0 Å². The van der Waals surface area contributed by atoms with E-state index in [-0.39, 0.29) is 11.6 Å². The minimum atomic E-state index is -0.461. The molecule has 0 fully saturated rings. The fraction of sp³-hybridized carbons (Fsp3) is 0.269. The van der Waals surface area contributed by atoms with Crippen molar-refractivity contribution in [1.29, 1.82) is 0 Å². The van der Waals surface area contributed by atoms with Gasteiger partial charge >= 0.3 is 5.82 Å². The first-order valence-corrected chi connectivity index (χ1v) is 13.1. The van der Waals surface area contributed by atoms with E-state index in [2.05, 4.69) is 46.5 Å². The highest BCUT2D eigenvalue weighted by Gasteiger charge is 2.30. The van der Waals surface area contributed by atoms with Crippen LogP contribution in [0.15, 0.2) is 53.4 Å². The van der Waals surface area contributed by atoms with Gasteiger partial charge in [0, 0.05) is 30.6 Å². The monoisotopic (exact) mass is 612 g/mol. The third kappa shape index (κ3) is 6.63. The van der Waals surface area contributed by atoms with Gasteiger partial charge in [-0.2, -0.15) is 0 Å². The molecule has 0 aliphatic carbocycles. The Bertz CT molecular complexity index is 1620. The predicted octanol–water partition coefficient (Wildman–Crippen LogP) is 4.65. The molecule has 4 aromatic rings. The molecule has 0 saturated carbocycles. The minimum Gasteiger partial charge on any atom is -0.358 e. The van der Waals surface area contributed by atoms with Crippen LogP contribution in [0, 0.1) is 15.9 Å². The number of amides is 1. The zero-order valence-corrected chi connectivity index (χ0v) is 23.9. The highest BCUT2D eigenvalue weighted by atomic mass is 79.9. The summed E-state index contributed by atoms with van der Waals surface area (Å²) < 4.78 is 16.4. The number of nitrogens with one attached hydrogen (secondary N) is 2. The van der Waals surface area contributed by atoms with Crippen molar-refractivity contribution in [3.05, 3.63) is 80.9 Å². The smallest absolute Gasteiger partial charge is 0.358 e. The van der Waals surface area contributed by atoms with Crippen molar-refractivity contribution < 1.29 is 18.6 Å². The van der Waals surface area contributed by atoms with Gasteiger partial charge in [0.05, 0.1) is 36.8 Å². The number of aromatic nitrogens is 5. The maximum atomic E-state index is 14.0. The number of nitro groups is 1. The topological polar surface area (TPSA) is 141 Å². The number of halogens is 2. The average molecular weight is 613 g/mol. The van der Waals surface area contributed by atoms with E-state index in [1.54, 1.807) is 35.9 Å². The molecule has 12 nitrogen and oxygen atoms in total. The van der Waals surface area contributed by atoms with Gasteiger partial charge in [-0.05, 0) is 56.2 Å². The van der Waals surface area contributed by atoms with Crippen molar-refractivity contribution in [2.45, 2.75) is 19.9 Å². The number of benzene rings is 1. The molecule has 2 N–H and O–H groups in total. The number of anilines is 3. The van der Waals surface area contributed by atoms with Gasteiger partial charge in [-0.15, -0.1) is 0 Å². The molecule has 1 amide bonds. The molecule has 0 spiro atoms. The lowest BCUT2D eigenvalue weighted by Gasteiger charge is -2.28. The van der Waals surface area contributed by atoms with Gasteiger partial charge in [-0.25, -0.2) is 19.3 Å². The molecule has 4 rings (SSSR count). The number of pyridine rings is 1. The summed E-state index contributed by atoms with van der Waals surface area (Å²) in [5, 5.41) is 17.9. The number of carbonyl (C=O) groups excluding carboxylic acids is 1. The lowest BCUT2D eigenvalue weighted by atomic mass is 10.2. The molecule has 1 aromatic carbocycles. The first kappa shape index (κ1) is 28.7. The first-order chi connectivity index (χ1) is 19.0. The summed E-state index contributed by atoms with van der Waals surface area (Å²) in [7, 11) is 5.61. The number of carbonyl (C=O) groups is 1. The largest absolute Gasteiger partial charge is 0.391 e. The second-order valence-corrected chi connectivity index (χ2v) is 10.6. The Hall–Kier alpha value is -4.30. The summed E-state index contributed by atoms with van der Waals surface area (Å²) in [6, 6.07) is 6.25. The zero-order valence-electron chi connectivity index (χ0n) is 22.4. The van der Waals surface area contributed by atoms with Crippen LogP contribution in [0.4, 0.5) is 27.5 Å². The van der Waals surface area contributed by atoms with Crippen molar-refractivity contribution in [2.75, 3.05) is 31.3 Å². The van der Waals surface area contributed by atoms with E-state index in [9.17, 15) is 19.3 Å². The van der Waals surface area contributed by atoms with Gasteiger partial charge in [0.1, 0.15) is 30.3 Å². The molecule has 3 heterocycles. The van der Waals surface area contributed by atoms with Gasteiger partial charge in [0.15, 0.2) is 5.69 Å². The number of hydrogen-bond acceptors (Lipinski definition) is 8. The van der Waals surface area contributed by atoms with E-state index in [1.807, 2.05) is 21.0 Å². The summed E-state index contributed by atoms with van der Waals surface area (Å²) in [4.78, 5) is 40.6. The van der Waals surface area contributed by atoms with E-state index in [0.29, 0.717) is 62.4 Å². The van der Waals surface area contributed by atoms with Gasteiger partial charge in [-0.3, -0.25) is 4.79 Å². The maximum absolute atomic E-state index is 14.0. The summed E-state index contributed by atoms with van der Waals surface area (Å²) in [5.41, 5.74) is 1.56. The molecule has 0 aliphatic heterocycles. The number of rotatable bonds is 10. The van der Waals surface area contributed by atoms with Gasteiger partial charge in [0.2, 0.25) is 11.7 Å². The van der Waals surface area contributed by atoms with Gasteiger partial charge in [0.25, 0.3) is 0 Å². The first-order valence-electron chi connectivity index (χ1n) is 12.3. The molecule has 40 heavy (non-hydrogen) atoms. The molecule has 0 unspecified atom stereocenters. The Labute approximate surface area is 237 Å². The highest BCUT2D eigenvalue weighted by molar-refractivity contribution is 9.10. The fourth-order valence-corrected chi connectivity index (χ4v) is 4.37. The Morgan fingerprint density at radius 2 is 2.02 bits per heavy atom. The quantitative estimate of drug-likeness (QED) is 0.114. The second-order valence-electron chi connectivity index (χ2n) is 9.70. The third-order valence-corrected chi connectivity index (χ3v) is 6.82. The van der Waals surface area contributed by atoms with Crippen LogP contribution in [-0.4, -0.2) is 60.5 Å². The Balaban J connectivity index is 1.44. The van der Waals surface area contributed by atoms with Crippen LogP contribution < -0.4 is 10.6 Å². The molecular formula is C26H28BrFN9O3+. The van der Waals surface area contributed by atoms with Crippen molar-refractivity contribution >= 4 is 55.9 Å². The molecule has 0 atom stereocenters. The van der Waals surface area contributed by atoms with E-state index >= 15 is 0 Å². The van der Waals surface area contributed by atoms with E-state index in [1.165, 1.54) is 24.7 Å². The number of quaternary nitrogens is 1. The summed E-state index contributed by atoms with van der Waals surface area (Å²) in [6.45, 7) is 2.69. The van der Waals surface area contributed by atoms with Crippen LogP contribution in [-0.2, 0) is 24.8 Å². The number of imidazole rings is 1. The van der Waals surface area contributed by atoms with Crippen LogP contribution >= 0.6 is 15.9 Å². The lowest BCUT2D eigenvalue weighted by molar-refractivity contribution is -0.898. The Morgan fingerprint density at radius 1 is 1.25 bits per heavy atom. The minimum absolute atomic E-state index is 0.141. The Kier molecular flexibility index (Phi) is 8.49. The number of hydrogen-bond donors (Lipinski definition) is 2. The summed E-state index contributed by atoms with van der Waals surface area (Å²) in [5.74, 6) is 0.400. The number of likely N-dealkylation sites (N-methyl/N-ethyl adjacent to an activating group) is 1. The van der Waals surface area contributed by atoms with Crippen molar-refractivity contribution in [1.82, 2.24) is 24.5 Å². The number of fused-ring (bicyclic) bond motifs is 1. The second kappa shape index (κ2) is 11.8. The van der Waals surface area contributed by atoms with Crippen LogP contribution in [0.1, 0.15) is 18.4 Å². The van der Waals surface area contributed by atoms with Crippen LogP contribution in [0.25, 0.3) is 10.9 Å². The van der Waals surface area contributed by atoms with Crippen LogP contribution in [0.3, 0.4) is 0 Å². The predicted molar refractivity (Wildman–Crippen MR) is 152 cm³/mol.